The predicted molar refractivity (Wildman–Crippen MR) is 139 cm³/mol. The molecule has 0 aliphatic carbocycles. The minimum Gasteiger partial charge on any atom is -0.444 e. The molecule has 12 heteroatoms. The summed E-state index contributed by atoms with van der Waals surface area (Å²) in [6.45, 7) is 3.85. The molecule has 2 N–H and O–H groups in total. The Morgan fingerprint density at radius 3 is 2.50 bits per heavy atom. The van der Waals surface area contributed by atoms with E-state index < -0.39 is 34.9 Å². The first kappa shape index (κ1) is 27.8. The highest BCUT2D eigenvalue weighted by Crippen LogP contribution is 2.33. The number of carbonyl (C=O) groups excluding carboxylic acids is 1. The van der Waals surface area contributed by atoms with Crippen LogP contribution in [0.15, 0.2) is 66.1 Å². The van der Waals surface area contributed by atoms with Gasteiger partial charge in [0.25, 0.3) is 10.0 Å². The molecular formula is C24H28Cl2N4O5S. The number of alkyl carbamates (subject to hydrolysis) is 1. The van der Waals surface area contributed by atoms with E-state index in [0.29, 0.717) is 30.1 Å². The number of imidazole rings is 1. The van der Waals surface area contributed by atoms with E-state index in [1.807, 2.05) is 10.8 Å². The van der Waals surface area contributed by atoms with Crippen molar-refractivity contribution in [2.45, 2.75) is 50.5 Å². The minimum atomic E-state index is -4.16. The third-order valence-electron chi connectivity index (χ3n) is 5.59. The smallest absolute Gasteiger partial charge is 0.407 e. The fourth-order valence-electron chi connectivity index (χ4n) is 3.53. The first-order valence-electron chi connectivity index (χ1n) is 11.2. The number of carbonyl (C=O) groups is 1. The van der Waals surface area contributed by atoms with E-state index in [1.54, 1.807) is 38.5 Å². The topological polar surface area (TPSA) is 114 Å². The van der Waals surface area contributed by atoms with Crippen molar-refractivity contribution in [2.24, 2.45) is 0 Å². The number of nitrogens with zero attached hydrogens (tertiary/aromatic N) is 3. The van der Waals surface area contributed by atoms with Crippen molar-refractivity contribution in [1.29, 1.82) is 0 Å². The van der Waals surface area contributed by atoms with Crippen LogP contribution in [0.25, 0.3) is 0 Å². The molecule has 1 aromatic heterocycles. The van der Waals surface area contributed by atoms with Crippen LogP contribution in [0.1, 0.15) is 25.8 Å². The summed E-state index contributed by atoms with van der Waals surface area (Å²) in [5.41, 5.74) is 0.531. The maximum atomic E-state index is 13.8. The number of sulfonamides is 1. The zero-order valence-electron chi connectivity index (χ0n) is 19.8. The van der Waals surface area contributed by atoms with Gasteiger partial charge in [0.2, 0.25) is 0 Å². The van der Waals surface area contributed by atoms with Gasteiger partial charge in [-0.05, 0) is 56.7 Å². The third-order valence-corrected chi connectivity index (χ3v) is 7.99. The summed E-state index contributed by atoms with van der Waals surface area (Å²) in [4.78, 5) is 16.4. The van der Waals surface area contributed by atoms with Crippen LogP contribution in [-0.2, 0) is 27.9 Å². The first-order valence-corrected chi connectivity index (χ1v) is 13.4. The molecule has 1 amide bonds. The molecule has 2 atom stereocenters. The van der Waals surface area contributed by atoms with Crippen LogP contribution in [0.4, 0.5) is 10.5 Å². The van der Waals surface area contributed by atoms with E-state index in [9.17, 15) is 18.3 Å². The lowest BCUT2D eigenvalue weighted by Crippen LogP contribution is -2.47. The van der Waals surface area contributed by atoms with Crippen LogP contribution >= 0.6 is 23.2 Å². The standard InChI is InChI=1S/C24H28Cl2N4O5S/c1-17(18(2)35-24(32)28-10-3-12-29-13-11-27-16-29)30(23-14-21(26)5-4-19(23)15-31)36(33,34)22-8-6-20(25)7-9-22/h4-9,11,13-14,16-18,31H,3,10,12,15H2,1-2H3,(H,28,32)/t17-,18-/m1/s1. The van der Waals surface area contributed by atoms with E-state index in [0.717, 1.165) is 4.31 Å². The molecule has 0 spiro atoms. The van der Waals surface area contributed by atoms with Crippen molar-refractivity contribution in [3.8, 4) is 0 Å². The molecule has 0 unspecified atom stereocenters. The molecular weight excluding hydrogens is 527 g/mol. The van der Waals surface area contributed by atoms with Crippen LogP contribution in [0.3, 0.4) is 0 Å². The van der Waals surface area contributed by atoms with Gasteiger partial charge in [0.1, 0.15) is 6.10 Å². The average molecular weight is 555 g/mol. The molecule has 1 heterocycles. The number of amides is 1. The summed E-state index contributed by atoms with van der Waals surface area (Å²) in [6.07, 6.45) is 4.33. The van der Waals surface area contributed by atoms with Gasteiger partial charge in [0, 0.05) is 41.1 Å². The zero-order valence-corrected chi connectivity index (χ0v) is 22.2. The van der Waals surface area contributed by atoms with Gasteiger partial charge in [0.05, 0.1) is 29.6 Å². The van der Waals surface area contributed by atoms with Crippen molar-refractivity contribution >= 4 is 45.0 Å². The van der Waals surface area contributed by atoms with Crippen LogP contribution < -0.4 is 9.62 Å². The number of aliphatic hydroxyl groups is 1. The highest BCUT2D eigenvalue weighted by Gasteiger charge is 2.35. The van der Waals surface area contributed by atoms with Gasteiger partial charge in [-0.1, -0.05) is 29.3 Å². The summed E-state index contributed by atoms with van der Waals surface area (Å²) in [7, 11) is -4.16. The van der Waals surface area contributed by atoms with Crippen molar-refractivity contribution in [3.05, 3.63) is 76.8 Å². The lowest BCUT2D eigenvalue weighted by molar-refractivity contribution is 0.0963. The van der Waals surface area contributed by atoms with Gasteiger partial charge in [-0.3, -0.25) is 4.31 Å². The normalized spacial score (nSPS) is 13.1. The maximum absolute atomic E-state index is 13.8. The van der Waals surface area contributed by atoms with Crippen LogP contribution in [0, 0.1) is 0 Å². The average Bonchev–Trinajstić information content (AvgIpc) is 3.36. The molecule has 0 aliphatic heterocycles. The minimum absolute atomic E-state index is 0.0150. The van der Waals surface area contributed by atoms with Crippen molar-refractivity contribution in [2.75, 3.05) is 10.8 Å². The van der Waals surface area contributed by atoms with Crippen molar-refractivity contribution < 1.29 is 23.1 Å². The molecule has 0 saturated heterocycles. The van der Waals surface area contributed by atoms with Gasteiger partial charge < -0.3 is 19.7 Å². The highest BCUT2D eigenvalue weighted by molar-refractivity contribution is 7.92. The van der Waals surface area contributed by atoms with Crippen LogP contribution in [-0.4, -0.2) is 47.9 Å². The fraction of sp³-hybridized carbons (Fsp3) is 0.333. The molecule has 9 nitrogen and oxygen atoms in total. The van der Waals surface area contributed by atoms with Gasteiger partial charge in [-0.2, -0.15) is 0 Å². The number of hydrogen-bond acceptors (Lipinski definition) is 6. The van der Waals surface area contributed by atoms with Gasteiger partial charge >= 0.3 is 6.09 Å². The number of anilines is 1. The number of hydrogen-bond donors (Lipinski definition) is 2. The van der Waals surface area contributed by atoms with Crippen LogP contribution in [0.2, 0.25) is 10.0 Å². The monoisotopic (exact) mass is 554 g/mol. The molecule has 0 fully saturated rings. The van der Waals surface area contributed by atoms with E-state index >= 15 is 0 Å². The number of halogens is 2. The second-order valence-corrected chi connectivity index (χ2v) is 10.8. The summed E-state index contributed by atoms with van der Waals surface area (Å²) >= 11 is 12.1. The lowest BCUT2D eigenvalue weighted by Gasteiger charge is -2.35. The molecule has 0 radical (unpaired) electrons. The molecule has 3 rings (SSSR count). The number of aryl methyl sites for hydroxylation is 1. The Balaban J connectivity index is 1.81. The van der Waals surface area contributed by atoms with E-state index in [-0.39, 0.29) is 15.6 Å². The Hall–Kier alpha value is -2.79. The second kappa shape index (κ2) is 12.4. The third kappa shape index (κ3) is 6.91. The Bertz CT molecular complexity index is 1250. The molecule has 36 heavy (non-hydrogen) atoms. The van der Waals surface area contributed by atoms with Crippen LogP contribution in [0.5, 0.6) is 0 Å². The van der Waals surface area contributed by atoms with E-state index in [1.165, 1.54) is 30.3 Å². The first-order chi connectivity index (χ1) is 17.1. The molecule has 0 saturated carbocycles. The van der Waals surface area contributed by atoms with Gasteiger partial charge in [-0.15, -0.1) is 0 Å². The Labute approximate surface area is 220 Å². The lowest BCUT2D eigenvalue weighted by atomic mass is 10.1. The highest BCUT2D eigenvalue weighted by atomic mass is 35.5. The quantitative estimate of drug-likeness (QED) is 0.338. The summed E-state index contributed by atoms with van der Waals surface area (Å²) in [5.74, 6) is 0. The molecule has 3 aromatic rings. The van der Waals surface area contributed by atoms with E-state index in [4.69, 9.17) is 27.9 Å². The molecule has 194 valence electrons. The molecule has 0 bridgehead atoms. The Morgan fingerprint density at radius 1 is 1.17 bits per heavy atom. The largest absolute Gasteiger partial charge is 0.444 e. The SMILES string of the molecule is C[C@H]([C@@H](C)OC(=O)NCCCn1ccnc1)N(c1cc(Cl)ccc1CO)S(=O)(=O)c1ccc(Cl)cc1. The van der Waals surface area contributed by atoms with Gasteiger partial charge in [-0.25, -0.2) is 18.2 Å². The maximum Gasteiger partial charge on any atom is 0.407 e. The predicted octanol–water partition coefficient (Wildman–Crippen LogP) is 4.47. The number of rotatable bonds is 11. The fourth-order valence-corrected chi connectivity index (χ4v) is 5.57. The molecule has 2 aromatic carbocycles. The van der Waals surface area contributed by atoms with Crippen molar-refractivity contribution in [3.63, 3.8) is 0 Å². The Kier molecular flexibility index (Phi) is 9.61. The zero-order chi connectivity index (χ0) is 26.3. The number of ether oxygens (including phenoxy) is 1. The Morgan fingerprint density at radius 2 is 1.86 bits per heavy atom. The number of benzene rings is 2. The number of aromatic nitrogens is 2. The molecule has 0 aliphatic rings. The van der Waals surface area contributed by atoms with Gasteiger partial charge in [0.15, 0.2) is 0 Å². The summed E-state index contributed by atoms with van der Waals surface area (Å²) in [5, 5.41) is 13.3. The second-order valence-electron chi connectivity index (χ2n) is 8.12. The summed E-state index contributed by atoms with van der Waals surface area (Å²) < 4.78 is 36.1. The van der Waals surface area contributed by atoms with Crippen molar-refractivity contribution in [1.82, 2.24) is 14.9 Å². The number of nitrogens with one attached hydrogen (secondary N) is 1. The van der Waals surface area contributed by atoms with E-state index in [2.05, 4.69) is 10.3 Å². The number of aliphatic hydroxyl groups excluding tert-OH is 1. The summed E-state index contributed by atoms with van der Waals surface area (Å²) in [6, 6.07) is 9.43.